The number of fused-ring (bicyclic) bond motifs is 3. The van der Waals surface area contributed by atoms with Crippen molar-refractivity contribution in [3.8, 4) is 0 Å². The molecular formula is C26H36O8. The molecule has 0 amide bonds. The lowest BCUT2D eigenvalue weighted by atomic mass is 9.38. The van der Waals surface area contributed by atoms with Gasteiger partial charge in [-0.25, -0.2) is 0 Å². The standard InChI is InChI=1S/C26H36O8/c1-12-16-8-17(32-13(2)27)22-25(7)18(24(5,6)19(30)10-20(25)33-14(3)28)9-21(34-15(4)29)26(22,11-16)23(12)31/h16-22,30H,1,8-11H2,2-7H3/t16-,17+,18-,19+,20+,21+,22+,25+,26?/m1/s1. The molecule has 8 nitrogen and oxygen atoms in total. The van der Waals surface area contributed by atoms with E-state index in [9.17, 15) is 24.3 Å². The summed E-state index contributed by atoms with van der Waals surface area (Å²) in [5.41, 5.74) is -2.12. The molecule has 4 saturated carbocycles. The number of hydrogen-bond acceptors (Lipinski definition) is 8. The van der Waals surface area contributed by atoms with E-state index < -0.39 is 64.5 Å². The molecule has 4 aliphatic carbocycles. The molecule has 0 heterocycles. The summed E-state index contributed by atoms with van der Waals surface area (Å²) in [7, 11) is 0. The second-order valence-corrected chi connectivity index (χ2v) is 11.6. The number of esters is 3. The van der Waals surface area contributed by atoms with Gasteiger partial charge in [-0.1, -0.05) is 27.4 Å². The molecule has 4 fully saturated rings. The van der Waals surface area contributed by atoms with E-state index in [1.807, 2.05) is 20.8 Å². The SMILES string of the molecule is C=C1C(=O)C23C[C@H]1C[C@H](OC(C)=O)[C@H]2[C@]1(C)[C@@H](OC(C)=O)C[C@H](O)C(C)(C)[C@H]1C[C@@H]3OC(C)=O. The molecule has 0 aromatic heterocycles. The average Bonchev–Trinajstić information content (AvgIpc) is 2.89. The van der Waals surface area contributed by atoms with Crippen LogP contribution >= 0.6 is 0 Å². The molecule has 0 saturated heterocycles. The zero-order chi connectivity index (χ0) is 25.4. The minimum absolute atomic E-state index is 0.159. The highest BCUT2D eigenvalue weighted by atomic mass is 16.6. The van der Waals surface area contributed by atoms with Gasteiger partial charge in [-0.3, -0.25) is 19.2 Å². The molecular weight excluding hydrogens is 440 g/mol. The number of ketones is 1. The highest BCUT2D eigenvalue weighted by molar-refractivity contribution is 6.04. The van der Waals surface area contributed by atoms with Crippen LogP contribution in [-0.2, 0) is 33.4 Å². The summed E-state index contributed by atoms with van der Waals surface area (Å²) in [6, 6.07) is 0. The van der Waals surface area contributed by atoms with Gasteiger partial charge in [0.15, 0.2) is 5.78 Å². The van der Waals surface area contributed by atoms with Crippen LogP contribution in [0.15, 0.2) is 12.2 Å². The lowest BCUT2D eigenvalue weighted by Gasteiger charge is -2.67. The summed E-state index contributed by atoms with van der Waals surface area (Å²) in [6.45, 7) is 13.9. The van der Waals surface area contributed by atoms with Crippen LogP contribution in [0, 0.1) is 34.0 Å². The first-order chi connectivity index (χ1) is 15.7. The van der Waals surface area contributed by atoms with Crippen molar-refractivity contribution in [3.05, 3.63) is 12.2 Å². The third kappa shape index (κ3) is 3.28. The minimum atomic E-state index is -1.13. The smallest absolute Gasteiger partial charge is 0.302 e. The van der Waals surface area contributed by atoms with Gasteiger partial charge in [0.2, 0.25) is 0 Å². The molecule has 8 heteroatoms. The first-order valence-electron chi connectivity index (χ1n) is 12.1. The predicted molar refractivity (Wildman–Crippen MR) is 120 cm³/mol. The normalized spacial score (nSPS) is 44.5. The summed E-state index contributed by atoms with van der Waals surface area (Å²) in [5.74, 6) is -2.64. The Hall–Kier alpha value is -2.22. The quantitative estimate of drug-likeness (QED) is 0.376. The Bertz CT molecular complexity index is 952. The fourth-order valence-electron chi connectivity index (χ4n) is 8.26. The van der Waals surface area contributed by atoms with Crippen LogP contribution in [0.2, 0.25) is 0 Å². The van der Waals surface area contributed by atoms with Crippen molar-refractivity contribution in [2.24, 2.45) is 34.0 Å². The summed E-state index contributed by atoms with van der Waals surface area (Å²) >= 11 is 0. The summed E-state index contributed by atoms with van der Waals surface area (Å²) in [6.07, 6.45) is -1.47. The van der Waals surface area contributed by atoms with E-state index >= 15 is 0 Å². The van der Waals surface area contributed by atoms with Gasteiger partial charge in [-0.15, -0.1) is 0 Å². The largest absolute Gasteiger partial charge is 0.462 e. The minimum Gasteiger partial charge on any atom is -0.462 e. The zero-order valence-corrected chi connectivity index (χ0v) is 20.9. The number of aliphatic hydroxyl groups is 1. The lowest BCUT2D eigenvalue weighted by molar-refractivity contribution is -0.277. The van der Waals surface area contributed by atoms with Gasteiger partial charge in [-0.2, -0.15) is 0 Å². The first kappa shape index (κ1) is 24.9. The third-order valence-corrected chi connectivity index (χ3v) is 9.50. The molecule has 0 aliphatic heterocycles. The Balaban J connectivity index is 1.98. The maximum absolute atomic E-state index is 13.9. The van der Waals surface area contributed by atoms with Gasteiger partial charge >= 0.3 is 17.9 Å². The molecule has 9 atom stereocenters. The van der Waals surface area contributed by atoms with Gasteiger partial charge in [0.05, 0.1) is 11.5 Å². The highest BCUT2D eigenvalue weighted by Crippen LogP contribution is 2.72. The zero-order valence-electron chi connectivity index (χ0n) is 20.9. The van der Waals surface area contributed by atoms with Crippen molar-refractivity contribution in [1.29, 1.82) is 0 Å². The third-order valence-electron chi connectivity index (χ3n) is 9.50. The summed E-state index contributed by atoms with van der Waals surface area (Å²) in [4.78, 5) is 50.5. The van der Waals surface area contributed by atoms with Gasteiger partial charge in [-0.05, 0) is 42.1 Å². The predicted octanol–water partition coefficient (Wildman–Crippen LogP) is 2.75. The Morgan fingerprint density at radius 2 is 1.47 bits per heavy atom. The van der Waals surface area contributed by atoms with E-state index in [0.29, 0.717) is 24.8 Å². The molecule has 4 rings (SSSR count). The highest BCUT2D eigenvalue weighted by Gasteiger charge is 2.77. The van der Waals surface area contributed by atoms with Gasteiger partial charge in [0.25, 0.3) is 0 Å². The number of carbonyl (C=O) groups excluding carboxylic acids is 4. The van der Waals surface area contributed by atoms with Crippen LogP contribution < -0.4 is 0 Å². The van der Waals surface area contributed by atoms with Crippen molar-refractivity contribution in [2.45, 2.75) is 91.6 Å². The molecule has 34 heavy (non-hydrogen) atoms. The van der Waals surface area contributed by atoms with Gasteiger partial charge < -0.3 is 19.3 Å². The van der Waals surface area contributed by atoms with Crippen LogP contribution in [0.25, 0.3) is 0 Å². The second kappa shape index (κ2) is 7.90. The van der Waals surface area contributed by atoms with E-state index in [4.69, 9.17) is 14.2 Å². The molecule has 1 unspecified atom stereocenters. The Morgan fingerprint density at radius 1 is 0.912 bits per heavy atom. The maximum Gasteiger partial charge on any atom is 0.302 e. The monoisotopic (exact) mass is 476 g/mol. The Labute approximate surface area is 200 Å². The first-order valence-corrected chi connectivity index (χ1v) is 12.1. The fourth-order valence-corrected chi connectivity index (χ4v) is 8.26. The number of carbonyl (C=O) groups is 4. The van der Waals surface area contributed by atoms with Crippen LogP contribution in [0.3, 0.4) is 0 Å². The van der Waals surface area contributed by atoms with E-state index in [1.165, 1.54) is 20.8 Å². The number of hydrogen-bond donors (Lipinski definition) is 1. The van der Waals surface area contributed by atoms with Crippen LogP contribution in [-0.4, -0.2) is 53.2 Å². The van der Waals surface area contributed by atoms with E-state index in [0.717, 1.165) is 0 Å². The topological polar surface area (TPSA) is 116 Å². The van der Waals surface area contributed by atoms with Crippen LogP contribution in [0.4, 0.5) is 0 Å². The van der Waals surface area contributed by atoms with Crippen molar-refractivity contribution in [1.82, 2.24) is 0 Å². The van der Waals surface area contributed by atoms with Crippen LogP contribution in [0.5, 0.6) is 0 Å². The number of rotatable bonds is 3. The van der Waals surface area contributed by atoms with Crippen LogP contribution in [0.1, 0.15) is 67.2 Å². The van der Waals surface area contributed by atoms with Gasteiger partial charge in [0.1, 0.15) is 18.3 Å². The molecule has 0 radical (unpaired) electrons. The summed E-state index contributed by atoms with van der Waals surface area (Å²) < 4.78 is 17.6. The lowest BCUT2D eigenvalue weighted by Crippen LogP contribution is -2.72. The molecule has 1 N–H and O–H groups in total. The van der Waals surface area contributed by atoms with Gasteiger partial charge in [0, 0.05) is 38.5 Å². The Morgan fingerprint density at radius 3 is 2.03 bits per heavy atom. The van der Waals surface area contributed by atoms with Crippen molar-refractivity contribution in [3.63, 3.8) is 0 Å². The molecule has 0 aromatic rings. The van der Waals surface area contributed by atoms with Crippen molar-refractivity contribution >= 4 is 23.7 Å². The van der Waals surface area contributed by atoms with E-state index in [-0.39, 0.29) is 24.0 Å². The van der Waals surface area contributed by atoms with E-state index in [2.05, 4.69) is 6.58 Å². The summed E-state index contributed by atoms with van der Waals surface area (Å²) in [5, 5.41) is 11.1. The number of ether oxygens (including phenoxy) is 3. The molecule has 188 valence electrons. The van der Waals surface area contributed by atoms with E-state index in [1.54, 1.807) is 0 Å². The van der Waals surface area contributed by atoms with Crippen molar-refractivity contribution in [2.75, 3.05) is 0 Å². The fraction of sp³-hybridized carbons (Fsp3) is 0.769. The Kier molecular flexibility index (Phi) is 5.78. The molecule has 0 aromatic carbocycles. The average molecular weight is 477 g/mol. The molecule has 1 spiro atoms. The maximum atomic E-state index is 13.9. The number of allylic oxidation sites excluding steroid dienone is 1. The molecule has 4 aliphatic rings. The molecule has 2 bridgehead atoms. The number of aliphatic hydroxyl groups excluding tert-OH is 1. The number of Topliss-reactive ketones (excluding diaryl/α,β-unsaturated/α-hetero) is 1. The van der Waals surface area contributed by atoms with Crippen molar-refractivity contribution < 1.29 is 38.5 Å². The second-order valence-electron chi connectivity index (χ2n) is 11.6.